The third kappa shape index (κ3) is 9.31. The molecule has 3 heterocycles. The molecule has 9 nitrogen and oxygen atoms in total. The van der Waals surface area contributed by atoms with Gasteiger partial charge in [-0.05, 0) is 110 Å². The average Bonchev–Trinajstić information content (AvgIpc) is 3.93. The van der Waals surface area contributed by atoms with Crippen LogP contribution in [0.4, 0.5) is 0 Å². The number of aromatic nitrogens is 2. The fourth-order valence-electron chi connectivity index (χ4n) is 6.74. The van der Waals surface area contributed by atoms with E-state index in [1.807, 2.05) is 113 Å². The van der Waals surface area contributed by atoms with Crippen LogP contribution in [-0.4, -0.2) is 66.7 Å². The lowest BCUT2D eigenvalue weighted by molar-refractivity contribution is -0.134. The van der Waals surface area contributed by atoms with Crippen LogP contribution in [-0.2, 0) is 9.53 Å². The SMILES string of the molecule is CC/C(=C(/c1ccc(OCCN(C)C)cc1)c1ccc(OC(=O)CCC(=O)c2c(C)[nH]c(C=C3N=C(c4ccc[nH]4)C=C3OC)c2C)cc1)c1ccccc1. The van der Waals surface area contributed by atoms with Gasteiger partial charge < -0.3 is 29.1 Å². The maximum Gasteiger partial charge on any atom is 0.311 e. The van der Waals surface area contributed by atoms with E-state index >= 15 is 0 Å². The second-order valence-electron chi connectivity index (χ2n) is 13.7. The Bertz CT molecular complexity index is 2240. The molecule has 6 rings (SSSR count). The van der Waals surface area contributed by atoms with E-state index in [0.717, 1.165) is 69.3 Å². The van der Waals surface area contributed by atoms with Gasteiger partial charge in [0.05, 0.1) is 24.9 Å². The monoisotopic (exact) mass is 736 g/mol. The van der Waals surface area contributed by atoms with Crippen molar-refractivity contribution >= 4 is 34.7 Å². The van der Waals surface area contributed by atoms with Gasteiger partial charge in [-0.25, -0.2) is 4.99 Å². The highest BCUT2D eigenvalue weighted by Gasteiger charge is 2.22. The summed E-state index contributed by atoms with van der Waals surface area (Å²) in [6.07, 6.45) is 6.38. The van der Waals surface area contributed by atoms with Crippen LogP contribution in [0, 0.1) is 13.8 Å². The number of nitrogens with one attached hydrogen (secondary N) is 2. The summed E-state index contributed by atoms with van der Waals surface area (Å²) in [6, 6.07) is 30.0. The van der Waals surface area contributed by atoms with E-state index in [2.05, 4.69) is 46.1 Å². The molecule has 0 radical (unpaired) electrons. The quantitative estimate of drug-likeness (QED) is 0.0453. The Morgan fingerprint density at radius 2 is 1.53 bits per heavy atom. The summed E-state index contributed by atoms with van der Waals surface area (Å²) in [4.78, 5) is 39.8. The first-order chi connectivity index (χ1) is 26.6. The van der Waals surface area contributed by atoms with E-state index in [4.69, 9.17) is 19.2 Å². The molecule has 0 bridgehead atoms. The summed E-state index contributed by atoms with van der Waals surface area (Å²) in [5.74, 6) is 1.26. The Hall–Kier alpha value is -6.19. The van der Waals surface area contributed by atoms with Crippen LogP contribution in [0.5, 0.6) is 11.5 Å². The van der Waals surface area contributed by atoms with Crippen molar-refractivity contribution in [3.63, 3.8) is 0 Å². The molecule has 0 saturated heterocycles. The summed E-state index contributed by atoms with van der Waals surface area (Å²) in [5, 5.41) is 0. The lowest BCUT2D eigenvalue weighted by Crippen LogP contribution is -2.19. The summed E-state index contributed by atoms with van der Waals surface area (Å²) >= 11 is 0. The topological polar surface area (TPSA) is 109 Å². The molecule has 0 atom stereocenters. The number of Topliss-reactive ketones (excluding diaryl/α,β-unsaturated/α-hetero) is 1. The maximum atomic E-state index is 13.5. The van der Waals surface area contributed by atoms with Gasteiger partial charge >= 0.3 is 5.97 Å². The number of rotatable bonds is 16. The fraction of sp³-hybridized carbons (Fsp3) is 0.239. The normalized spacial score (nSPS) is 13.8. The lowest BCUT2D eigenvalue weighted by Gasteiger charge is -2.17. The standard InChI is InChI=1S/C46H48N4O5/c1-7-37(32-12-9-8-10-13-32)46(33-15-19-35(20-16-33)54-27-26-50(4)5)34-17-21-36(22-18-34)55-44(52)24-23-42(51)45-30(2)39(48-31(45)3)28-41-43(53-6)29-40(49-41)38-14-11-25-47-38/h8-22,25,28-29,47-48H,7,23-24,26-27H2,1-6H3/b41-28?,46-37+. The molecule has 2 N–H and O–H groups in total. The number of methoxy groups -OCH3 is 1. The van der Waals surface area contributed by atoms with Crippen LogP contribution < -0.4 is 9.47 Å². The number of ether oxygens (including phenoxy) is 3. The van der Waals surface area contributed by atoms with Gasteiger partial charge in [-0.2, -0.15) is 0 Å². The zero-order valence-electron chi connectivity index (χ0n) is 32.4. The van der Waals surface area contributed by atoms with Crippen LogP contribution in [0.15, 0.2) is 120 Å². The molecule has 5 aromatic rings. The number of aliphatic imine (C=N–C) groups is 1. The number of likely N-dealkylation sites (N-methyl/N-ethyl adjacent to an activating group) is 1. The van der Waals surface area contributed by atoms with Crippen molar-refractivity contribution in [2.75, 3.05) is 34.4 Å². The molecular weight excluding hydrogens is 689 g/mol. The second-order valence-corrected chi connectivity index (χ2v) is 13.7. The molecule has 0 saturated carbocycles. The van der Waals surface area contributed by atoms with Crippen LogP contribution >= 0.6 is 0 Å². The van der Waals surface area contributed by atoms with Gasteiger partial charge in [0.15, 0.2) is 5.78 Å². The molecule has 2 aromatic heterocycles. The highest BCUT2D eigenvalue weighted by molar-refractivity contribution is 6.11. The van der Waals surface area contributed by atoms with E-state index in [9.17, 15) is 9.59 Å². The molecule has 1 aliphatic heterocycles. The molecule has 1 aliphatic rings. The van der Waals surface area contributed by atoms with Gasteiger partial charge in [0.2, 0.25) is 0 Å². The third-order valence-corrected chi connectivity index (χ3v) is 9.55. The van der Waals surface area contributed by atoms with E-state index < -0.39 is 5.97 Å². The highest BCUT2D eigenvalue weighted by Crippen LogP contribution is 2.36. The molecule has 9 heteroatoms. The van der Waals surface area contributed by atoms with Gasteiger partial charge in [0.1, 0.15) is 29.6 Å². The van der Waals surface area contributed by atoms with E-state index in [1.165, 1.54) is 5.57 Å². The maximum absolute atomic E-state index is 13.5. The minimum Gasteiger partial charge on any atom is -0.494 e. The first kappa shape index (κ1) is 38.5. The molecule has 0 fully saturated rings. The number of nitrogens with zero attached hydrogens (tertiary/aromatic N) is 2. The van der Waals surface area contributed by atoms with Crippen molar-refractivity contribution in [3.05, 3.63) is 160 Å². The van der Waals surface area contributed by atoms with Crippen LogP contribution in [0.2, 0.25) is 0 Å². The average molecular weight is 737 g/mol. The molecule has 55 heavy (non-hydrogen) atoms. The Labute approximate surface area is 323 Å². The Kier molecular flexibility index (Phi) is 12.4. The van der Waals surface area contributed by atoms with E-state index in [1.54, 1.807) is 7.11 Å². The van der Waals surface area contributed by atoms with Crippen molar-refractivity contribution in [3.8, 4) is 11.5 Å². The van der Waals surface area contributed by atoms with E-state index in [-0.39, 0.29) is 18.6 Å². The number of hydrogen-bond acceptors (Lipinski definition) is 7. The zero-order chi connectivity index (χ0) is 38.9. The minimum atomic E-state index is -0.472. The number of aryl methyl sites for hydroxylation is 1. The minimum absolute atomic E-state index is 0.0173. The molecule has 3 aromatic carbocycles. The number of ketones is 1. The number of aromatic amines is 2. The molecule has 0 amide bonds. The van der Waals surface area contributed by atoms with Crippen molar-refractivity contribution in [1.29, 1.82) is 0 Å². The first-order valence-corrected chi connectivity index (χ1v) is 18.5. The Morgan fingerprint density at radius 3 is 2.15 bits per heavy atom. The van der Waals surface area contributed by atoms with Gasteiger partial charge in [-0.3, -0.25) is 9.59 Å². The molecule has 0 aliphatic carbocycles. The molecule has 0 unspecified atom stereocenters. The number of hydrogen-bond donors (Lipinski definition) is 2. The fourth-order valence-corrected chi connectivity index (χ4v) is 6.74. The van der Waals surface area contributed by atoms with Crippen molar-refractivity contribution in [1.82, 2.24) is 14.9 Å². The number of esters is 1. The number of benzene rings is 3. The largest absolute Gasteiger partial charge is 0.494 e. The Balaban J connectivity index is 1.14. The molecule has 0 spiro atoms. The van der Waals surface area contributed by atoms with Gasteiger partial charge in [0, 0.05) is 42.2 Å². The number of allylic oxidation sites excluding steroid dienone is 2. The van der Waals surface area contributed by atoms with Crippen molar-refractivity contribution < 1.29 is 23.8 Å². The third-order valence-electron chi connectivity index (χ3n) is 9.55. The van der Waals surface area contributed by atoms with E-state index in [0.29, 0.717) is 29.4 Å². The van der Waals surface area contributed by atoms with Crippen LogP contribution in [0.1, 0.15) is 75.9 Å². The molecular formula is C46H48N4O5. The summed E-state index contributed by atoms with van der Waals surface area (Å²) < 4.78 is 17.3. The van der Waals surface area contributed by atoms with Gasteiger partial charge in [0.25, 0.3) is 0 Å². The smallest absolute Gasteiger partial charge is 0.311 e. The van der Waals surface area contributed by atoms with Gasteiger partial charge in [-0.1, -0.05) is 61.5 Å². The van der Waals surface area contributed by atoms with Gasteiger partial charge in [-0.15, -0.1) is 0 Å². The number of H-pyrrole nitrogens is 2. The molecule has 282 valence electrons. The summed E-state index contributed by atoms with van der Waals surface area (Å²) in [7, 11) is 5.66. The lowest BCUT2D eigenvalue weighted by atomic mass is 9.88. The number of carbonyl (C=O) groups is 2. The van der Waals surface area contributed by atoms with Crippen molar-refractivity contribution in [2.45, 2.75) is 40.0 Å². The van der Waals surface area contributed by atoms with Crippen molar-refractivity contribution in [2.24, 2.45) is 4.99 Å². The predicted octanol–water partition coefficient (Wildman–Crippen LogP) is 9.21. The summed E-state index contributed by atoms with van der Waals surface area (Å²) in [5.41, 5.74) is 10.6. The predicted molar refractivity (Wildman–Crippen MR) is 219 cm³/mol. The second kappa shape index (κ2) is 17.8. The number of carbonyl (C=O) groups excluding carboxylic acids is 2. The summed E-state index contributed by atoms with van der Waals surface area (Å²) in [6.45, 7) is 7.35. The van der Waals surface area contributed by atoms with Crippen LogP contribution in [0.25, 0.3) is 17.2 Å². The Morgan fingerprint density at radius 1 is 0.836 bits per heavy atom. The van der Waals surface area contributed by atoms with Crippen LogP contribution in [0.3, 0.4) is 0 Å². The first-order valence-electron chi connectivity index (χ1n) is 18.5. The zero-order valence-corrected chi connectivity index (χ0v) is 32.4. The highest BCUT2D eigenvalue weighted by atomic mass is 16.5.